The van der Waals surface area contributed by atoms with Crippen LogP contribution >= 0.6 is 0 Å². The van der Waals surface area contributed by atoms with Gasteiger partial charge in [0, 0.05) is 17.7 Å². The molecular weight excluding hydrogens is 240 g/mol. The summed E-state index contributed by atoms with van der Waals surface area (Å²) >= 11 is 0. The molecule has 0 fully saturated rings. The van der Waals surface area contributed by atoms with E-state index in [1.165, 1.54) is 5.56 Å². The topological polar surface area (TPSA) is 65.7 Å². The Kier molecular flexibility index (Phi) is 3.69. The summed E-state index contributed by atoms with van der Waals surface area (Å²) in [5.41, 5.74) is 2.80. The highest BCUT2D eigenvalue weighted by molar-refractivity contribution is 5.30. The van der Waals surface area contributed by atoms with Gasteiger partial charge in [0.1, 0.15) is 0 Å². The second-order valence-corrected chi connectivity index (χ2v) is 5.08. The molecule has 0 aliphatic heterocycles. The predicted molar refractivity (Wildman–Crippen MR) is 75.8 cm³/mol. The zero-order valence-electron chi connectivity index (χ0n) is 11.4. The number of hydrogen-bond acceptors (Lipinski definition) is 2. The Hall–Kier alpha value is -2.10. The molecule has 0 spiro atoms. The molecule has 2 rings (SSSR count). The molecule has 1 aromatic heterocycles. The summed E-state index contributed by atoms with van der Waals surface area (Å²) in [6.07, 6.45) is 0.524. The van der Waals surface area contributed by atoms with Crippen molar-refractivity contribution in [3.8, 4) is 0 Å². The van der Waals surface area contributed by atoms with E-state index in [4.69, 9.17) is 0 Å². The van der Waals surface area contributed by atoms with Crippen LogP contribution in [-0.2, 0) is 6.42 Å². The third kappa shape index (κ3) is 3.02. The molecule has 0 saturated carbocycles. The van der Waals surface area contributed by atoms with Gasteiger partial charge in [-0.1, -0.05) is 38.1 Å². The predicted octanol–water partition coefficient (Wildman–Crippen LogP) is 2.09. The molecule has 0 aliphatic carbocycles. The molecule has 4 nitrogen and oxygen atoms in total. The van der Waals surface area contributed by atoms with Crippen molar-refractivity contribution < 1.29 is 0 Å². The maximum absolute atomic E-state index is 11.8. The van der Waals surface area contributed by atoms with Gasteiger partial charge in [-0.3, -0.25) is 9.78 Å². The molecule has 0 radical (unpaired) electrons. The summed E-state index contributed by atoms with van der Waals surface area (Å²) in [7, 11) is 0. The fourth-order valence-corrected chi connectivity index (χ4v) is 2.06. The maximum atomic E-state index is 11.8. The number of aryl methyl sites for hydroxylation is 1. The Balaban J connectivity index is 2.31. The molecule has 19 heavy (non-hydrogen) atoms. The molecule has 1 aromatic carbocycles. The molecule has 0 amide bonds. The average Bonchev–Trinajstić information content (AvgIpc) is 2.34. The molecule has 100 valence electrons. The van der Waals surface area contributed by atoms with Gasteiger partial charge >= 0.3 is 5.69 Å². The van der Waals surface area contributed by atoms with Crippen molar-refractivity contribution >= 4 is 0 Å². The molecular formula is C15H18N2O2. The lowest BCUT2D eigenvalue weighted by Gasteiger charge is -2.08. The lowest BCUT2D eigenvalue weighted by Crippen LogP contribution is -2.27. The Labute approximate surface area is 111 Å². The number of benzene rings is 1. The summed E-state index contributed by atoms with van der Waals surface area (Å²) in [6, 6.07) is 8.21. The first-order chi connectivity index (χ1) is 8.97. The molecule has 0 atom stereocenters. The SMILES string of the molecule is Cc1[nH]c(=O)[nH]c(=O)c1Cc1ccc(C(C)C)cc1. The van der Waals surface area contributed by atoms with Crippen molar-refractivity contribution in [1.82, 2.24) is 9.97 Å². The number of H-pyrrole nitrogens is 2. The molecule has 0 unspecified atom stereocenters. The molecule has 0 saturated heterocycles. The quantitative estimate of drug-likeness (QED) is 0.885. The third-order valence-electron chi connectivity index (χ3n) is 3.28. The lowest BCUT2D eigenvalue weighted by atomic mass is 9.99. The highest BCUT2D eigenvalue weighted by atomic mass is 16.2. The van der Waals surface area contributed by atoms with Crippen LogP contribution in [0.3, 0.4) is 0 Å². The van der Waals surface area contributed by atoms with Gasteiger partial charge in [0.05, 0.1) is 0 Å². The van der Waals surface area contributed by atoms with Crippen LogP contribution in [0.4, 0.5) is 0 Å². The largest absolute Gasteiger partial charge is 0.325 e. The molecule has 0 bridgehead atoms. The highest BCUT2D eigenvalue weighted by Crippen LogP contribution is 2.16. The van der Waals surface area contributed by atoms with Crippen LogP contribution in [0.2, 0.25) is 0 Å². The van der Waals surface area contributed by atoms with E-state index in [1.807, 2.05) is 12.1 Å². The van der Waals surface area contributed by atoms with Crippen LogP contribution in [0.25, 0.3) is 0 Å². The minimum Gasteiger partial charge on any atom is -0.311 e. The number of aromatic amines is 2. The normalized spacial score (nSPS) is 10.9. The first-order valence-corrected chi connectivity index (χ1v) is 6.38. The highest BCUT2D eigenvalue weighted by Gasteiger charge is 2.07. The number of nitrogens with one attached hydrogen (secondary N) is 2. The minimum absolute atomic E-state index is 0.311. The molecule has 2 aromatic rings. The monoisotopic (exact) mass is 258 g/mol. The second kappa shape index (κ2) is 5.26. The summed E-state index contributed by atoms with van der Waals surface area (Å²) < 4.78 is 0. The van der Waals surface area contributed by atoms with E-state index in [0.29, 0.717) is 23.6 Å². The van der Waals surface area contributed by atoms with E-state index >= 15 is 0 Å². The van der Waals surface area contributed by atoms with Gasteiger partial charge < -0.3 is 4.98 Å². The van der Waals surface area contributed by atoms with Gasteiger partial charge in [-0.25, -0.2) is 4.79 Å². The van der Waals surface area contributed by atoms with Crippen LogP contribution in [0, 0.1) is 6.92 Å². The zero-order chi connectivity index (χ0) is 14.0. The maximum Gasteiger partial charge on any atom is 0.325 e. The molecule has 1 heterocycles. The summed E-state index contributed by atoms with van der Waals surface area (Å²) in [5, 5.41) is 0. The minimum atomic E-state index is -0.457. The fraction of sp³-hybridized carbons (Fsp3) is 0.333. The van der Waals surface area contributed by atoms with E-state index in [-0.39, 0.29) is 5.56 Å². The van der Waals surface area contributed by atoms with Crippen molar-refractivity contribution in [2.75, 3.05) is 0 Å². The Morgan fingerprint density at radius 1 is 1.05 bits per heavy atom. The van der Waals surface area contributed by atoms with Gasteiger partial charge in [-0.05, 0) is 24.0 Å². The van der Waals surface area contributed by atoms with E-state index in [9.17, 15) is 9.59 Å². The molecule has 2 N–H and O–H groups in total. The Morgan fingerprint density at radius 2 is 1.68 bits per heavy atom. The smallest absolute Gasteiger partial charge is 0.311 e. The van der Waals surface area contributed by atoms with Crippen LogP contribution < -0.4 is 11.2 Å². The zero-order valence-corrected chi connectivity index (χ0v) is 11.4. The lowest BCUT2D eigenvalue weighted by molar-refractivity contribution is 0.864. The summed E-state index contributed by atoms with van der Waals surface area (Å²) in [6.45, 7) is 6.03. The average molecular weight is 258 g/mol. The Morgan fingerprint density at radius 3 is 2.21 bits per heavy atom. The van der Waals surface area contributed by atoms with Crippen LogP contribution in [0.5, 0.6) is 0 Å². The van der Waals surface area contributed by atoms with Crippen molar-refractivity contribution in [2.24, 2.45) is 0 Å². The summed E-state index contributed by atoms with van der Waals surface area (Å²) in [5.74, 6) is 0.493. The number of rotatable bonds is 3. The third-order valence-corrected chi connectivity index (χ3v) is 3.28. The first kappa shape index (κ1) is 13.3. The van der Waals surface area contributed by atoms with Gasteiger partial charge in [0.15, 0.2) is 0 Å². The van der Waals surface area contributed by atoms with Crippen LogP contribution in [0.15, 0.2) is 33.9 Å². The van der Waals surface area contributed by atoms with Crippen molar-refractivity contribution in [1.29, 1.82) is 0 Å². The molecule has 4 heteroatoms. The van der Waals surface area contributed by atoms with Crippen molar-refractivity contribution in [3.05, 3.63) is 67.5 Å². The second-order valence-electron chi connectivity index (χ2n) is 5.08. The number of hydrogen-bond donors (Lipinski definition) is 2. The standard InChI is InChI=1S/C15H18N2O2/c1-9(2)12-6-4-11(5-7-12)8-13-10(3)16-15(19)17-14(13)18/h4-7,9H,8H2,1-3H3,(H2,16,17,18,19). The van der Waals surface area contributed by atoms with Crippen LogP contribution in [0.1, 0.15) is 42.1 Å². The first-order valence-electron chi connectivity index (χ1n) is 6.38. The van der Waals surface area contributed by atoms with Gasteiger partial charge in [-0.15, -0.1) is 0 Å². The van der Waals surface area contributed by atoms with Crippen LogP contribution in [-0.4, -0.2) is 9.97 Å². The van der Waals surface area contributed by atoms with Gasteiger partial charge in [-0.2, -0.15) is 0 Å². The van der Waals surface area contributed by atoms with E-state index in [1.54, 1.807) is 6.92 Å². The van der Waals surface area contributed by atoms with E-state index < -0.39 is 5.69 Å². The summed E-state index contributed by atoms with van der Waals surface area (Å²) in [4.78, 5) is 27.8. The van der Waals surface area contributed by atoms with E-state index in [2.05, 4.69) is 35.9 Å². The Bertz CT molecular complexity index is 679. The van der Waals surface area contributed by atoms with Crippen molar-refractivity contribution in [3.63, 3.8) is 0 Å². The van der Waals surface area contributed by atoms with Gasteiger partial charge in [0.2, 0.25) is 0 Å². The molecule has 0 aliphatic rings. The van der Waals surface area contributed by atoms with Gasteiger partial charge in [0.25, 0.3) is 5.56 Å². The van der Waals surface area contributed by atoms with Crippen molar-refractivity contribution in [2.45, 2.75) is 33.1 Å². The fourth-order valence-electron chi connectivity index (χ4n) is 2.06. The van der Waals surface area contributed by atoms with E-state index in [0.717, 1.165) is 5.56 Å². The number of aromatic nitrogens is 2.